The lowest BCUT2D eigenvalue weighted by atomic mass is 10.0. The van der Waals surface area contributed by atoms with Crippen LogP contribution in [0.2, 0.25) is 0 Å². The summed E-state index contributed by atoms with van der Waals surface area (Å²) in [6.45, 7) is 4.84. The molecule has 0 saturated heterocycles. The smallest absolute Gasteiger partial charge is 0.305 e. The Kier molecular flexibility index (Phi) is 49.1. The Balaban J connectivity index is 3.45. The summed E-state index contributed by atoms with van der Waals surface area (Å²) in [4.78, 5) is 24.4. The van der Waals surface area contributed by atoms with Gasteiger partial charge in [0.2, 0.25) is 5.91 Å². The summed E-state index contributed by atoms with van der Waals surface area (Å²) < 4.78 is 5.46. The highest BCUT2D eigenvalue weighted by molar-refractivity contribution is 5.76. The van der Waals surface area contributed by atoms with Gasteiger partial charge in [0.15, 0.2) is 0 Å². The molecule has 3 N–H and O–H groups in total. The van der Waals surface area contributed by atoms with Crippen LogP contribution in [0.5, 0.6) is 0 Å². The lowest BCUT2D eigenvalue weighted by Gasteiger charge is -2.20. The van der Waals surface area contributed by atoms with Crippen molar-refractivity contribution in [2.45, 2.75) is 289 Å². The van der Waals surface area contributed by atoms with Crippen LogP contribution < -0.4 is 5.32 Å². The Hall–Kier alpha value is -1.92. The summed E-state index contributed by atoms with van der Waals surface area (Å²) in [6.07, 6.45) is 61.4. The van der Waals surface area contributed by atoms with E-state index < -0.39 is 12.1 Å². The molecule has 0 aromatic rings. The summed E-state index contributed by atoms with van der Waals surface area (Å²) >= 11 is 0. The number of rotatable bonds is 49. The van der Waals surface area contributed by atoms with Gasteiger partial charge in [-0.1, -0.05) is 243 Å². The third kappa shape index (κ3) is 47.4. The monoisotopic (exact) mass is 858 g/mol. The highest BCUT2D eigenvalue weighted by Crippen LogP contribution is 2.16. The number of unbranched alkanes of at least 4 members (excludes halogenated alkanes) is 34. The largest absolute Gasteiger partial charge is 0.466 e. The molecule has 0 aliphatic carbocycles. The third-order valence-corrected chi connectivity index (χ3v) is 12.2. The summed E-state index contributed by atoms with van der Waals surface area (Å²) in [5.74, 6) is -0.0851. The first-order valence-corrected chi connectivity index (χ1v) is 26.8. The molecule has 0 saturated carbocycles. The molecule has 0 heterocycles. The summed E-state index contributed by atoms with van der Waals surface area (Å²) in [5.41, 5.74) is 0. The topological polar surface area (TPSA) is 95.9 Å². The van der Waals surface area contributed by atoms with Crippen LogP contribution in [-0.2, 0) is 14.3 Å². The average Bonchev–Trinajstić information content (AvgIpc) is 3.26. The van der Waals surface area contributed by atoms with E-state index in [2.05, 4.69) is 43.5 Å². The van der Waals surface area contributed by atoms with Crippen molar-refractivity contribution in [2.24, 2.45) is 0 Å². The van der Waals surface area contributed by atoms with Gasteiger partial charge in [-0.25, -0.2) is 0 Å². The Morgan fingerprint density at radius 1 is 0.459 bits per heavy atom. The van der Waals surface area contributed by atoms with E-state index in [0.29, 0.717) is 19.4 Å². The van der Waals surface area contributed by atoms with Crippen LogP contribution in [-0.4, -0.2) is 47.4 Å². The molecule has 0 radical (unpaired) electrons. The minimum Gasteiger partial charge on any atom is -0.466 e. The van der Waals surface area contributed by atoms with Crippen LogP contribution >= 0.6 is 0 Å². The van der Waals surface area contributed by atoms with E-state index in [-0.39, 0.29) is 18.5 Å². The van der Waals surface area contributed by atoms with Crippen LogP contribution in [0.1, 0.15) is 277 Å². The van der Waals surface area contributed by atoms with Crippen LogP contribution in [0.25, 0.3) is 0 Å². The number of esters is 1. The second kappa shape index (κ2) is 50.7. The minimum absolute atomic E-state index is 0.0107. The number of ether oxygens (including phenoxy) is 1. The Morgan fingerprint density at radius 2 is 0.836 bits per heavy atom. The molecule has 6 heteroatoms. The highest BCUT2D eigenvalue weighted by Gasteiger charge is 2.18. The average molecular weight is 858 g/mol. The van der Waals surface area contributed by atoms with Gasteiger partial charge in [-0.3, -0.25) is 9.59 Å². The van der Waals surface area contributed by atoms with Crippen molar-refractivity contribution in [1.82, 2.24) is 5.32 Å². The number of hydrogen-bond acceptors (Lipinski definition) is 5. The zero-order valence-corrected chi connectivity index (χ0v) is 40.6. The normalized spacial score (nSPS) is 12.9. The summed E-state index contributed by atoms with van der Waals surface area (Å²) in [7, 11) is 0. The minimum atomic E-state index is -0.847. The van der Waals surface area contributed by atoms with E-state index in [4.69, 9.17) is 4.74 Å². The van der Waals surface area contributed by atoms with E-state index in [1.165, 1.54) is 199 Å². The standard InChI is InChI=1S/C55H103NO5/c1-3-5-7-9-11-13-15-17-25-29-33-37-41-45-49-55(60)61-50-46-42-38-34-30-26-22-20-18-19-21-24-28-32-36-40-44-48-54(59)56-52(51-57)53(58)47-43-39-35-31-27-23-16-14-12-10-8-6-4-2/h9,11,15,17,43,47,52-53,57-58H,3-8,10,12-14,16,18-42,44-46,48-51H2,1-2H3,(H,56,59)/b11-9-,17-15-,47-43+. The van der Waals surface area contributed by atoms with Gasteiger partial charge in [0.05, 0.1) is 25.4 Å². The highest BCUT2D eigenvalue weighted by atomic mass is 16.5. The van der Waals surface area contributed by atoms with Gasteiger partial charge in [0.25, 0.3) is 0 Å². The van der Waals surface area contributed by atoms with Crippen LogP contribution in [0.15, 0.2) is 36.5 Å². The number of carbonyl (C=O) groups is 2. The fraction of sp³-hybridized carbons (Fsp3) is 0.855. The zero-order chi connectivity index (χ0) is 44.4. The summed E-state index contributed by atoms with van der Waals surface area (Å²) in [5, 5.41) is 23.0. The van der Waals surface area contributed by atoms with Crippen molar-refractivity contribution >= 4 is 11.9 Å². The Labute approximate surface area is 379 Å². The molecule has 0 aliphatic rings. The SMILES string of the molecule is CCCC/C=C\C/C=C\CCCCCCCC(=O)OCCCCCCCCCCCCCCCCCCCC(=O)NC(CO)C(O)/C=C/CCCCCCCCCCCCC. The van der Waals surface area contributed by atoms with E-state index >= 15 is 0 Å². The lowest BCUT2D eigenvalue weighted by molar-refractivity contribution is -0.143. The molecule has 0 rings (SSSR count). The third-order valence-electron chi connectivity index (χ3n) is 12.2. The predicted molar refractivity (Wildman–Crippen MR) is 264 cm³/mol. The lowest BCUT2D eigenvalue weighted by Crippen LogP contribution is -2.45. The molecular weight excluding hydrogens is 755 g/mol. The number of nitrogens with one attached hydrogen (secondary N) is 1. The molecule has 2 unspecified atom stereocenters. The number of carbonyl (C=O) groups excluding carboxylic acids is 2. The number of amides is 1. The molecule has 0 aliphatic heterocycles. The zero-order valence-electron chi connectivity index (χ0n) is 40.6. The van der Waals surface area contributed by atoms with Gasteiger partial charge in [0, 0.05) is 12.8 Å². The molecule has 0 fully saturated rings. The predicted octanol–water partition coefficient (Wildman–Crippen LogP) is 16.1. The molecule has 0 spiro atoms. The van der Waals surface area contributed by atoms with Crippen LogP contribution in [0.4, 0.5) is 0 Å². The number of allylic oxidation sites excluding steroid dienone is 5. The fourth-order valence-corrected chi connectivity index (χ4v) is 8.00. The maximum Gasteiger partial charge on any atom is 0.305 e. The van der Waals surface area contributed by atoms with Crippen molar-refractivity contribution in [3.05, 3.63) is 36.5 Å². The van der Waals surface area contributed by atoms with Gasteiger partial charge in [0.1, 0.15) is 0 Å². The van der Waals surface area contributed by atoms with E-state index in [1.54, 1.807) is 6.08 Å². The first-order chi connectivity index (χ1) is 30.0. The first kappa shape index (κ1) is 59.1. The summed E-state index contributed by atoms with van der Waals surface area (Å²) in [6, 6.07) is -0.631. The van der Waals surface area contributed by atoms with Crippen molar-refractivity contribution in [2.75, 3.05) is 13.2 Å². The molecule has 0 bridgehead atoms. The molecule has 61 heavy (non-hydrogen) atoms. The van der Waals surface area contributed by atoms with Gasteiger partial charge >= 0.3 is 5.97 Å². The Morgan fingerprint density at radius 3 is 1.30 bits per heavy atom. The Bertz CT molecular complexity index is 993. The van der Waals surface area contributed by atoms with Gasteiger partial charge in [-0.2, -0.15) is 0 Å². The molecular formula is C55H103NO5. The molecule has 0 aromatic carbocycles. The van der Waals surface area contributed by atoms with E-state index in [9.17, 15) is 19.8 Å². The second-order valence-electron chi connectivity index (χ2n) is 18.2. The van der Waals surface area contributed by atoms with Gasteiger partial charge < -0.3 is 20.3 Å². The fourth-order valence-electron chi connectivity index (χ4n) is 8.00. The van der Waals surface area contributed by atoms with Crippen LogP contribution in [0, 0.1) is 0 Å². The van der Waals surface area contributed by atoms with Gasteiger partial charge in [-0.05, 0) is 57.8 Å². The van der Waals surface area contributed by atoms with Crippen molar-refractivity contribution in [1.29, 1.82) is 0 Å². The van der Waals surface area contributed by atoms with Crippen LogP contribution in [0.3, 0.4) is 0 Å². The van der Waals surface area contributed by atoms with Crippen molar-refractivity contribution in [3.63, 3.8) is 0 Å². The first-order valence-electron chi connectivity index (χ1n) is 26.8. The second-order valence-corrected chi connectivity index (χ2v) is 18.2. The van der Waals surface area contributed by atoms with E-state index in [0.717, 1.165) is 51.4 Å². The molecule has 2 atom stereocenters. The quantitative estimate of drug-likeness (QED) is 0.0322. The van der Waals surface area contributed by atoms with Gasteiger partial charge in [-0.15, -0.1) is 0 Å². The molecule has 1 amide bonds. The van der Waals surface area contributed by atoms with Crippen molar-refractivity contribution in [3.8, 4) is 0 Å². The molecule has 358 valence electrons. The number of aliphatic hydroxyl groups is 2. The number of hydrogen-bond donors (Lipinski definition) is 3. The molecule has 0 aromatic heterocycles. The number of aliphatic hydroxyl groups excluding tert-OH is 2. The maximum absolute atomic E-state index is 12.4. The molecule has 6 nitrogen and oxygen atoms in total. The van der Waals surface area contributed by atoms with Crippen molar-refractivity contribution < 1.29 is 24.5 Å². The maximum atomic E-state index is 12.4. The van der Waals surface area contributed by atoms with E-state index in [1.807, 2.05) is 6.08 Å².